The smallest absolute Gasteiger partial charge is 0.158 e. The predicted molar refractivity (Wildman–Crippen MR) is 58.2 cm³/mol. The van der Waals surface area contributed by atoms with E-state index in [9.17, 15) is 0 Å². The lowest BCUT2D eigenvalue weighted by atomic mass is 10.1. The summed E-state index contributed by atoms with van der Waals surface area (Å²) in [6.45, 7) is 8.47. The zero-order valence-corrected chi connectivity index (χ0v) is 9.75. The molecule has 2 unspecified atom stereocenters. The molecule has 0 spiro atoms. The highest BCUT2D eigenvalue weighted by molar-refractivity contribution is 4.92. The van der Waals surface area contributed by atoms with Crippen LogP contribution in [0.4, 0.5) is 0 Å². The molecule has 14 heavy (non-hydrogen) atoms. The highest BCUT2D eigenvalue weighted by Crippen LogP contribution is 2.21. The first kappa shape index (κ1) is 11.7. The summed E-state index contributed by atoms with van der Waals surface area (Å²) in [4.78, 5) is 0. The number of hydrogen-bond donors (Lipinski definition) is 0. The maximum Gasteiger partial charge on any atom is 0.158 e. The quantitative estimate of drug-likeness (QED) is 0.648. The summed E-state index contributed by atoms with van der Waals surface area (Å²) in [6, 6.07) is 0. The number of rotatable bonds is 3. The topological polar surface area (TPSA) is 18.5 Å². The van der Waals surface area contributed by atoms with Gasteiger partial charge >= 0.3 is 0 Å². The third-order valence-corrected chi connectivity index (χ3v) is 2.39. The lowest BCUT2D eigenvalue weighted by Crippen LogP contribution is -2.35. The van der Waals surface area contributed by atoms with Gasteiger partial charge in [0.2, 0.25) is 0 Å². The molecule has 0 aromatic carbocycles. The van der Waals surface area contributed by atoms with Crippen molar-refractivity contribution in [3.05, 3.63) is 11.6 Å². The Hall–Kier alpha value is -0.340. The minimum atomic E-state index is 0.00403. The summed E-state index contributed by atoms with van der Waals surface area (Å²) in [5.41, 5.74) is 1.36. The minimum Gasteiger partial charge on any atom is -0.350 e. The first-order valence-corrected chi connectivity index (χ1v) is 5.52. The molecule has 0 radical (unpaired) electrons. The Bertz CT molecular complexity index is 184. The van der Waals surface area contributed by atoms with Gasteiger partial charge in [0.25, 0.3) is 0 Å². The fourth-order valence-electron chi connectivity index (χ4n) is 1.77. The molecule has 1 rings (SSSR count). The Morgan fingerprint density at radius 2 is 1.79 bits per heavy atom. The lowest BCUT2D eigenvalue weighted by Gasteiger charge is -2.32. The second-order valence-corrected chi connectivity index (χ2v) is 4.42. The van der Waals surface area contributed by atoms with Crippen molar-refractivity contribution in [2.45, 2.75) is 65.5 Å². The van der Waals surface area contributed by atoms with Gasteiger partial charge in [0.1, 0.15) is 0 Å². The molecule has 0 N–H and O–H groups in total. The van der Waals surface area contributed by atoms with E-state index in [0.717, 1.165) is 19.3 Å². The van der Waals surface area contributed by atoms with Gasteiger partial charge in [-0.15, -0.1) is 0 Å². The van der Waals surface area contributed by atoms with Crippen LogP contribution in [0, 0.1) is 0 Å². The monoisotopic (exact) mass is 198 g/mol. The molecule has 0 aromatic rings. The average Bonchev–Trinajstić information content (AvgIpc) is 2.01. The fourth-order valence-corrected chi connectivity index (χ4v) is 1.77. The summed E-state index contributed by atoms with van der Waals surface area (Å²) in [5, 5.41) is 0. The molecule has 1 heterocycles. The van der Waals surface area contributed by atoms with Crippen LogP contribution in [0.2, 0.25) is 0 Å². The average molecular weight is 198 g/mol. The molecule has 0 bridgehead atoms. The second kappa shape index (κ2) is 5.52. The van der Waals surface area contributed by atoms with E-state index in [-0.39, 0.29) is 6.29 Å². The van der Waals surface area contributed by atoms with E-state index in [0.29, 0.717) is 12.2 Å². The standard InChI is InChI=1S/C12H22O2/c1-9(2)6-5-7-12-13-10(3)8-11(4)14-12/h6,10-12H,5,7-8H2,1-4H3. The number of hydrogen-bond acceptors (Lipinski definition) is 2. The second-order valence-electron chi connectivity index (χ2n) is 4.42. The Morgan fingerprint density at radius 3 is 2.29 bits per heavy atom. The maximum absolute atomic E-state index is 5.69. The van der Waals surface area contributed by atoms with Crippen LogP contribution in [0.5, 0.6) is 0 Å². The SMILES string of the molecule is CC(C)=CCCC1OC(C)CC(C)O1. The molecule has 1 saturated heterocycles. The van der Waals surface area contributed by atoms with E-state index in [1.54, 1.807) is 0 Å². The van der Waals surface area contributed by atoms with Gasteiger partial charge in [-0.1, -0.05) is 11.6 Å². The molecular formula is C12H22O2. The van der Waals surface area contributed by atoms with Gasteiger partial charge in [0.05, 0.1) is 12.2 Å². The van der Waals surface area contributed by atoms with E-state index in [4.69, 9.17) is 9.47 Å². The molecule has 1 fully saturated rings. The molecule has 0 aromatic heterocycles. The van der Waals surface area contributed by atoms with Crippen molar-refractivity contribution in [3.63, 3.8) is 0 Å². The molecular weight excluding hydrogens is 176 g/mol. The van der Waals surface area contributed by atoms with E-state index in [1.165, 1.54) is 5.57 Å². The van der Waals surface area contributed by atoms with Gasteiger partial charge in [-0.05, 0) is 40.5 Å². The van der Waals surface area contributed by atoms with Crippen LogP contribution in [0.25, 0.3) is 0 Å². The molecule has 2 heteroatoms. The predicted octanol–water partition coefficient (Wildman–Crippen LogP) is 3.27. The third-order valence-electron chi connectivity index (χ3n) is 2.39. The van der Waals surface area contributed by atoms with Crippen molar-refractivity contribution in [2.75, 3.05) is 0 Å². The van der Waals surface area contributed by atoms with Crippen molar-refractivity contribution < 1.29 is 9.47 Å². The maximum atomic E-state index is 5.69. The molecule has 0 aliphatic carbocycles. The van der Waals surface area contributed by atoms with Crippen LogP contribution < -0.4 is 0 Å². The Morgan fingerprint density at radius 1 is 1.21 bits per heavy atom. The van der Waals surface area contributed by atoms with Crippen molar-refractivity contribution in [2.24, 2.45) is 0 Å². The highest BCUT2D eigenvalue weighted by Gasteiger charge is 2.23. The molecule has 2 nitrogen and oxygen atoms in total. The molecule has 0 saturated carbocycles. The zero-order valence-electron chi connectivity index (χ0n) is 9.75. The summed E-state index contributed by atoms with van der Waals surface area (Å²) in [5.74, 6) is 0. The van der Waals surface area contributed by atoms with Crippen LogP contribution in [-0.2, 0) is 9.47 Å². The van der Waals surface area contributed by atoms with E-state index < -0.39 is 0 Å². The normalized spacial score (nSPS) is 32.7. The molecule has 2 atom stereocenters. The van der Waals surface area contributed by atoms with Gasteiger partial charge < -0.3 is 9.47 Å². The van der Waals surface area contributed by atoms with E-state index in [2.05, 4.69) is 33.8 Å². The van der Waals surface area contributed by atoms with Crippen LogP contribution in [-0.4, -0.2) is 18.5 Å². The number of ether oxygens (including phenoxy) is 2. The number of allylic oxidation sites excluding steroid dienone is 2. The Kier molecular flexibility index (Phi) is 4.63. The van der Waals surface area contributed by atoms with Crippen molar-refractivity contribution >= 4 is 0 Å². The minimum absolute atomic E-state index is 0.00403. The molecule has 1 aliphatic rings. The fraction of sp³-hybridized carbons (Fsp3) is 0.833. The molecule has 82 valence electrons. The van der Waals surface area contributed by atoms with Crippen LogP contribution in [0.1, 0.15) is 47.0 Å². The first-order chi connectivity index (χ1) is 6.58. The van der Waals surface area contributed by atoms with Crippen LogP contribution >= 0.6 is 0 Å². The summed E-state index contributed by atoms with van der Waals surface area (Å²) < 4.78 is 11.4. The van der Waals surface area contributed by atoms with Gasteiger partial charge in [-0.25, -0.2) is 0 Å². The van der Waals surface area contributed by atoms with Gasteiger partial charge in [-0.3, -0.25) is 0 Å². The van der Waals surface area contributed by atoms with Crippen LogP contribution in [0.3, 0.4) is 0 Å². The summed E-state index contributed by atoms with van der Waals surface area (Å²) in [7, 11) is 0. The molecule has 1 aliphatic heterocycles. The highest BCUT2D eigenvalue weighted by atomic mass is 16.7. The Balaban J connectivity index is 2.27. The van der Waals surface area contributed by atoms with Crippen molar-refractivity contribution in [1.82, 2.24) is 0 Å². The van der Waals surface area contributed by atoms with Gasteiger partial charge in [0, 0.05) is 6.42 Å². The summed E-state index contributed by atoms with van der Waals surface area (Å²) in [6.07, 6.45) is 5.96. The van der Waals surface area contributed by atoms with Gasteiger partial charge in [0.15, 0.2) is 6.29 Å². The van der Waals surface area contributed by atoms with Crippen molar-refractivity contribution in [3.8, 4) is 0 Å². The first-order valence-electron chi connectivity index (χ1n) is 5.52. The zero-order chi connectivity index (χ0) is 10.6. The van der Waals surface area contributed by atoms with Crippen molar-refractivity contribution in [1.29, 1.82) is 0 Å². The lowest BCUT2D eigenvalue weighted by molar-refractivity contribution is -0.235. The third kappa shape index (κ3) is 4.25. The van der Waals surface area contributed by atoms with Gasteiger partial charge in [-0.2, -0.15) is 0 Å². The molecule has 0 amide bonds. The van der Waals surface area contributed by atoms with E-state index in [1.807, 2.05) is 0 Å². The van der Waals surface area contributed by atoms with Crippen LogP contribution in [0.15, 0.2) is 11.6 Å². The largest absolute Gasteiger partial charge is 0.350 e. The van der Waals surface area contributed by atoms with E-state index >= 15 is 0 Å². The summed E-state index contributed by atoms with van der Waals surface area (Å²) >= 11 is 0. The Labute approximate surface area is 87.3 Å².